The molecule has 7 nitrogen and oxygen atoms in total. The van der Waals surface area contributed by atoms with Gasteiger partial charge in [-0.2, -0.15) is 0 Å². The maximum Gasteiger partial charge on any atom is 0.335 e. The Balaban J connectivity index is 1.95. The number of aryl methyl sites for hydroxylation is 1. The Morgan fingerprint density at radius 2 is 1.90 bits per heavy atom. The number of hydrogen-bond donors (Lipinski definition) is 3. The van der Waals surface area contributed by atoms with Crippen LogP contribution in [0.4, 0.5) is 15.6 Å². The van der Waals surface area contributed by atoms with Crippen molar-refractivity contribution < 1.29 is 14.7 Å². The minimum atomic E-state index is -1.01. The van der Waals surface area contributed by atoms with E-state index in [1.54, 1.807) is 0 Å². The summed E-state index contributed by atoms with van der Waals surface area (Å²) < 4.78 is 0. The van der Waals surface area contributed by atoms with Gasteiger partial charge in [-0.15, -0.1) is 10.2 Å². The summed E-state index contributed by atoms with van der Waals surface area (Å²) in [4.78, 5) is 22.4. The minimum absolute atomic E-state index is 0.160. The molecule has 104 valence electrons. The molecule has 0 spiro atoms. The van der Waals surface area contributed by atoms with Crippen LogP contribution in [-0.2, 0) is 6.42 Å². The summed E-state index contributed by atoms with van der Waals surface area (Å²) in [7, 11) is 0. The zero-order valence-corrected chi connectivity index (χ0v) is 11.4. The zero-order chi connectivity index (χ0) is 14.5. The van der Waals surface area contributed by atoms with E-state index in [0.29, 0.717) is 10.8 Å². The van der Waals surface area contributed by atoms with Crippen molar-refractivity contribution >= 4 is 34.2 Å². The molecule has 0 bridgehead atoms. The van der Waals surface area contributed by atoms with Gasteiger partial charge in [-0.1, -0.05) is 18.3 Å². The van der Waals surface area contributed by atoms with Gasteiger partial charge in [-0.05, 0) is 30.7 Å². The Labute approximate surface area is 118 Å². The number of rotatable bonds is 4. The average molecular weight is 292 g/mol. The highest BCUT2D eigenvalue weighted by Gasteiger charge is 2.08. The maximum atomic E-state index is 11.7. The molecule has 0 atom stereocenters. The van der Waals surface area contributed by atoms with Gasteiger partial charge in [-0.25, -0.2) is 9.59 Å². The number of amides is 2. The average Bonchev–Trinajstić information content (AvgIpc) is 2.86. The van der Waals surface area contributed by atoms with Gasteiger partial charge >= 0.3 is 12.0 Å². The van der Waals surface area contributed by atoms with Gasteiger partial charge in [0.2, 0.25) is 5.13 Å². The van der Waals surface area contributed by atoms with Gasteiger partial charge in [0.05, 0.1) is 5.56 Å². The van der Waals surface area contributed by atoms with Crippen LogP contribution in [0.3, 0.4) is 0 Å². The highest BCUT2D eigenvalue weighted by Crippen LogP contribution is 2.16. The molecule has 0 radical (unpaired) electrons. The van der Waals surface area contributed by atoms with Crippen LogP contribution in [0.25, 0.3) is 0 Å². The summed E-state index contributed by atoms with van der Waals surface area (Å²) in [5.41, 5.74) is 0.653. The number of carboxylic acids is 1. The fourth-order valence-electron chi connectivity index (χ4n) is 1.40. The topological polar surface area (TPSA) is 104 Å². The van der Waals surface area contributed by atoms with E-state index in [0.717, 1.165) is 11.4 Å². The molecule has 20 heavy (non-hydrogen) atoms. The van der Waals surface area contributed by atoms with E-state index in [2.05, 4.69) is 20.8 Å². The molecule has 2 aromatic rings. The molecule has 0 saturated carbocycles. The molecule has 2 amide bonds. The normalized spacial score (nSPS) is 10.1. The van der Waals surface area contributed by atoms with Crippen molar-refractivity contribution in [2.45, 2.75) is 13.3 Å². The summed E-state index contributed by atoms with van der Waals surface area (Å²) in [6, 6.07) is 5.41. The number of aromatic nitrogens is 2. The Morgan fingerprint density at radius 3 is 2.45 bits per heavy atom. The van der Waals surface area contributed by atoms with Crippen LogP contribution in [0.15, 0.2) is 24.3 Å². The highest BCUT2D eigenvalue weighted by atomic mass is 32.1. The summed E-state index contributed by atoms with van der Waals surface area (Å²) in [6.07, 6.45) is 0.762. The number of carbonyl (C=O) groups is 2. The predicted molar refractivity (Wildman–Crippen MR) is 75.3 cm³/mol. The van der Waals surface area contributed by atoms with Crippen LogP contribution in [0.5, 0.6) is 0 Å². The maximum absolute atomic E-state index is 11.7. The van der Waals surface area contributed by atoms with Crippen LogP contribution in [-0.4, -0.2) is 27.3 Å². The zero-order valence-electron chi connectivity index (χ0n) is 10.6. The SMILES string of the molecule is CCc1nnc(NC(=O)Nc2ccc(C(=O)O)cc2)s1. The van der Waals surface area contributed by atoms with Crippen LogP contribution < -0.4 is 10.6 Å². The molecule has 0 aliphatic carbocycles. The number of aromatic carboxylic acids is 1. The molecule has 8 heteroatoms. The number of urea groups is 1. The predicted octanol–water partition coefficient (Wildman–Crippen LogP) is 2.44. The van der Waals surface area contributed by atoms with Gasteiger partial charge in [0.15, 0.2) is 0 Å². The lowest BCUT2D eigenvalue weighted by molar-refractivity contribution is 0.0697. The van der Waals surface area contributed by atoms with E-state index >= 15 is 0 Å². The van der Waals surface area contributed by atoms with E-state index in [1.807, 2.05) is 6.92 Å². The number of carboxylic acid groups (broad SMARTS) is 1. The Hall–Kier alpha value is -2.48. The van der Waals surface area contributed by atoms with Crippen LogP contribution in [0, 0.1) is 0 Å². The number of anilines is 2. The second-order valence-electron chi connectivity index (χ2n) is 3.82. The molecule has 1 aromatic heterocycles. The van der Waals surface area contributed by atoms with E-state index < -0.39 is 12.0 Å². The van der Waals surface area contributed by atoms with Gasteiger partial charge < -0.3 is 10.4 Å². The first kappa shape index (κ1) is 13.9. The third kappa shape index (κ3) is 3.51. The van der Waals surface area contributed by atoms with Crippen molar-refractivity contribution in [2.24, 2.45) is 0 Å². The van der Waals surface area contributed by atoms with Gasteiger partial charge in [0, 0.05) is 5.69 Å². The fraction of sp³-hybridized carbons (Fsp3) is 0.167. The first-order valence-electron chi connectivity index (χ1n) is 5.82. The largest absolute Gasteiger partial charge is 0.478 e. The summed E-state index contributed by atoms with van der Waals surface area (Å²) in [5.74, 6) is -1.01. The number of carbonyl (C=O) groups excluding carboxylic acids is 1. The van der Waals surface area contributed by atoms with Crippen molar-refractivity contribution in [3.05, 3.63) is 34.8 Å². The van der Waals surface area contributed by atoms with Gasteiger partial charge in [0.25, 0.3) is 0 Å². The number of nitrogens with one attached hydrogen (secondary N) is 2. The second-order valence-corrected chi connectivity index (χ2v) is 4.88. The molecule has 3 N–H and O–H groups in total. The first-order valence-corrected chi connectivity index (χ1v) is 6.64. The first-order chi connectivity index (χ1) is 9.58. The number of hydrogen-bond acceptors (Lipinski definition) is 5. The molecule has 0 fully saturated rings. The monoisotopic (exact) mass is 292 g/mol. The molecule has 1 heterocycles. The second kappa shape index (κ2) is 6.11. The van der Waals surface area contributed by atoms with Crippen molar-refractivity contribution in [3.8, 4) is 0 Å². The molecular formula is C12H12N4O3S. The minimum Gasteiger partial charge on any atom is -0.478 e. The quantitative estimate of drug-likeness (QED) is 0.802. The lowest BCUT2D eigenvalue weighted by Gasteiger charge is -2.05. The summed E-state index contributed by atoms with van der Waals surface area (Å²) >= 11 is 1.31. The van der Waals surface area contributed by atoms with E-state index in [9.17, 15) is 9.59 Å². The lowest BCUT2D eigenvalue weighted by atomic mass is 10.2. The third-order valence-electron chi connectivity index (χ3n) is 2.38. The fourth-order valence-corrected chi connectivity index (χ4v) is 2.08. The van der Waals surface area contributed by atoms with Crippen LogP contribution in [0.2, 0.25) is 0 Å². The van der Waals surface area contributed by atoms with Crippen molar-refractivity contribution in [2.75, 3.05) is 10.6 Å². The van der Waals surface area contributed by atoms with Crippen molar-refractivity contribution in [3.63, 3.8) is 0 Å². The van der Waals surface area contributed by atoms with Gasteiger partial charge in [0.1, 0.15) is 5.01 Å². The molecule has 0 aliphatic rings. The summed E-state index contributed by atoms with van der Waals surface area (Å²) in [6.45, 7) is 1.95. The Morgan fingerprint density at radius 1 is 1.20 bits per heavy atom. The van der Waals surface area contributed by atoms with Crippen LogP contribution in [0.1, 0.15) is 22.3 Å². The molecule has 0 saturated heterocycles. The van der Waals surface area contributed by atoms with E-state index in [1.165, 1.54) is 35.6 Å². The standard InChI is InChI=1S/C12H12N4O3S/c1-2-9-15-16-12(20-9)14-11(19)13-8-5-3-7(4-6-8)10(17)18/h3-6H,2H2,1H3,(H,17,18)(H2,13,14,16,19). The molecule has 0 unspecified atom stereocenters. The molecule has 1 aromatic carbocycles. The number of nitrogens with zero attached hydrogens (tertiary/aromatic N) is 2. The van der Waals surface area contributed by atoms with Crippen LogP contribution >= 0.6 is 11.3 Å². The third-order valence-corrected chi connectivity index (χ3v) is 3.36. The summed E-state index contributed by atoms with van der Waals surface area (Å²) in [5, 5.41) is 22.9. The molecule has 0 aliphatic heterocycles. The van der Waals surface area contributed by atoms with Crippen molar-refractivity contribution in [1.29, 1.82) is 0 Å². The van der Waals surface area contributed by atoms with Crippen molar-refractivity contribution in [1.82, 2.24) is 10.2 Å². The highest BCUT2D eigenvalue weighted by molar-refractivity contribution is 7.15. The Bertz CT molecular complexity index is 624. The van der Waals surface area contributed by atoms with E-state index in [4.69, 9.17) is 5.11 Å². The lowest BCUT2D eigenvalue weighted by Crippen LogP contribution is -2.19. The molecular weight excluding hydrogens is 280 g/mol. The molecule has 2 rings (SSSR count). The smallest absolute Gasteiger partial charge is 0.335 e. The van der Waals surface area contributed by atoms with E-state index in [-0.39, 0.29) is 5.56 Å². The van der Waals surface area contributed by atoms with Gasteiger partial charge in [-0.3, -0.25) is 5.32 Å². The number of benzene rings is 1. The Kier molecular flexibility index (Phi) is 4.26.